The number of carboxylic acids is 1. The van der Waals surface area contributed by atoms with E-state index < -0.39 is 17.8 Å². The highest BCUT2D eigenvalue weighted by Crippen LogP contribution is 1.96. The lowest BCUT2D eigenvalue weighted by molar-refractivity contribution is -0.114. The van der Waals surface area contributed by atoms with Gasteiger partial charge in [0.25, 0.3) is 0 Å². The summed E-state index contributed by atoms with van der Waals surface area (Å²) in [5.41, 5.74) is 9.40. The number of nitrogens with two attached hydrogens (primary N) is 2. The number of hydrogen-bond acceptors (Lipinski definition) is 3. The molecule has 6 heteroatoms. The number of aromatic carboxylic acids is 1. The van der Waals surface area contributed by atoms with Crippen LogP contribution in [0.2, 0.25) is 0 Å². The first-order valence-electron chi connectivity index (χ1n) is 4.97. The monoisotopic (exact) mass is 264 g/mol. The SMILES string of the molecule is C=CC(N)=O.C=CC(N)=O.O=C(O)c1ccccc1. The van der Waals surface area contributed by atoms with Crippen molar-refractivity contribution in [2.45, 2.75) is 0 Å². The maximum atomic E-state index is 10.2. The number of rotatable bonds is 3. The van der Waals surface area contributed by atoms with Crippen LogP contribution in [-0.4, -0.2) is 22.9 Å². The third-order valence-electron chi connectivity index (χ3n) is 1.42. The zero-order chi connectivity index (χ0) is 15.3. The Labute approximate surface area is 111 Å². The largest absolute Gasteiger partial charge is 0.478 e. The van der Waals surface area contributed by atoms with Gasteiger partial charge in [-0.25, -0.2) is 4.79 Å². The van der Waals surface area contributed by atoms with E-state index in [9.17, 15) is 14.4 Å². The number of carbonyl (C=O) groups excluding carboxylic acids is 2. The van der Waals surface area contributed by atoms with Crippen LogP contribution in [0.4, 0.5) is 0 Å². The van der Waals surface area contributed by atoms with Gasteiger partial charge in [0, 0.05) is 0 Å². The van der Waals surface area contributed by atoms with Crippen molar-refractivity contribution in [3.8, 4) is 0 Å². The number of carbonyl (C=O) groups is 3. The van der Waals surface area contributed by atoms with Gasteiger partial charge in [-0.2, -0.15) is 0 Å². The average Bonchev–Trinajstić information content (AvgIpc) is 2.41. The first kappa shape index (κ1) is 18.5. The second kappa shape index (κ2) is 11.6. The number of benzene rings is 1. The molecule has 1 rings (SSSR count). The molecule has 5 N–H and O–H groups in total. The van der Waals surface area contributed by atoms with Gasteiger partial charge in [0.15, 0.2) is 0 Å². The van der Waals surface area contributed by atoms with E-state index in [4.69, 9.17) is 5.11 Å². The van der Waals surface area contributed by atoms with Crippen molar-refractivity contribution in [3.05, 3.63) is 61.2 Å². The molecule has 0 bridgehead atoms. The van der Waals surface area contributed by atoms with Gasteiger partial charge in [0.2, 0.25) is 11.8 Å². The molecule has 0 aliphatic rings. The van der Waals surface area contributed by atoms with Gasteiger partial charge in [-0.1, -0.05) is 31.4 Å². The highest BCUT2D eigenvalue weighted by Gasteiger charge is 1.96. The first-order valence-corrected chi connectivity index (χ1v) is 4.97. The number of primary amides is 2. The Hall–Kier alpha value is -2.89. The lowest BCUT2D eigenvalue weighted by Crippen LogP contribution is -2.04. The highest BCUT2D eigenvalue weighted by atomic mass is 16.4. The molecule has 6 nitrogen and oxygen atoms in total. The molecule has 0 aliphatic carbocycles. The van der Waals surface area contributed by atoms with Crippen molar-refractivity contribution in [1.29, 1.82) is 0 Å². The van der Waals surface area contributed by atoms with Crippen molar-refractivity contribution in [1.82, 2.24) is 0 Å². The molecule has 0 unspecified atom stereocenters. The standard InChI is InChI=1S/C7H6O2.2C3H5NO/c8-7(9)6-4-2-1-3-5-6;2*1-2-3(4)5/h1-5H,(H,8,9);2*2H,1H2,(H2,4,5). The number of hydrogen-bond donors (Lipinski definition) is 3. The van der Waals surface area contributed by atoms with E-state index >= 15 is 0 Å². The Morgan fingerprint density at radius 3 is 1.42 bits per heavy atom. The van der Waals surface area contributed by atoms with Crippen molar-refractivity contribution >= 4 is 17.8 Å². The molecule has 0 radical (unpaired) electrons. The van der Waals surface area contributed by atoms with Gasteiger partial charge in [-0.05, 0) is 24.3 Å². The van der Waals surface area contributed by atoms with E-state index in [2.05, 4.69) is 24.6 Å². The maximum Gasteiger partial charge on any atom is 0.335 e. The quantitative estimate of drug-likeness (QED) is 0.695. The van der Waals surface area contributed by atoms with E-state index in [0.29, 0.717) is 5.56 Å². The average molecular weight is 264 g/mol. The summed E-state index contributed by atoms with van der Waals surface area (Å²) < 4.78 is 0. The molecule has 0 saturated heterocycles. The molecule has 0 fully saturated rings. The fraction of sp³-hybridized carbons (Fsp3) is 0. The topological polar surface area (TPSA) is 123 Å². The molecular weight excluding hydrogens is 248 g/mol. The minimum atomic E-state index is -0.879. The summed E-state index contributed by atoms with van der Waals surface area (Å²) in [5.74, 6) is -1.84. The Morgan fingerprint density at radius 2 is 1.26 bits per heavy atom. The normalized spacial score (nSPS) is 7.58. The summed E-state index contributed by atoms with van der Waals surface area (Å²) in [6.07, 6.45) is 2.11. The van der Waals surface area contributed by atoms with Crippen LogP contribution in [0, 0.1) is 0 Å². The van der Waals surface area contributed by atoms with E-state index in [1.54, 1.807) is 30.3 Å². The van der Waals surface area contributed by atoms with Gasteiger partial charge < -0.3 is 16.6 Å². The third-order valence-corrected chi connectivity index (χ3v) is 1.42. The fourth-order valence-electron chi connectivity index (χ4n) is 0.581. The van der Waals surface area contributed by atoms with Crippen LogP contribution in [0.3, 0.4) is 0 Å². The lowest BCUT2D eigenvalue weighted by Gasteiger charge is -1.88. The molecule has 19 heavy (non-hydrogen) atoms. The molecule has 0 saturated carbocycles. The predicted molar refractivity (Wildman–Crippen MR) is 72.2 cm³/mol. The Morgan fingerprint density at radius 1 is 0.947 bits per heavy atom. The number of amides is 2. The molecule has 0 atom stereocenters. The molecule has 102 valence electrons. The molecule has 0 spiro atoms. The van der Waals surface area contributed by atoms with Gasteiger partial charge in [-0.3, -0.25) is 9.59 Å². The minimum absolute atomic E-state index is 0.331. The minimum Gasteiger partial charge on any atom is -0.478 e. The lowest BCUT2D eigenvalue weighted by atomic mass is 10.2. The van der Waals surface area contributed by atoms with Crippen LogP contribution in [0.15, 0.2) is 55.6 Å². The van der Waals surface area contributed by atoms with Crippen molar-refractivity contribution in [2.24, 2.45) is 11.5 Å². The Balaban J connectivity index is 0. The smallest absolute Gasteiger partial charge is 0.335 e. The first-order chi connectivity index (χ1) is 8.84. The fourth-order valence-corrected chi connectivity index (χ4v) is 0.581. The maximum absolute atomic E-state index is 10.2. The predicted octanol–water partition coefficient (Wildman–Crippen LogP) is 0.700. The summed E-state index contributed by atoms with van der Waals surface area (Å²) >= 11 is 0. The van der Waals surface area contributed by atoms with Gasteiger partial charge >= 0.3 is 5.97 Å². The highest BCUT2D eigenvalue weighted by molar-refractivity contribution is 5.87. The molecule has 2 amide bonds. The molecule has 1 aromatic carbocycles. The molecule has 1 aromatic rings. The van der Waals surface area contributed by atoms with Crippen LogP contribution < -0.4 is 11.5 Å². The van der Waals surface area contributed by atoms with Gasteiger partial charge in [0.1, 0.15) is 0 Å². The second-order valence-corrected chi connectivity index (χ2v) is 2.88. The summed E-state index contributed by atoms with van der Waals surface area (Å²) in [5, 5.41) is 8.38. The van der Waals surface area contributed by atoms with E-state index in [1.807, 2.05) is 0 Å². The molecule has 0 aliphatic heterocycles. The summed E-state index contributed by atoms with van der Waals surface area (Å²) in [7, 11) is 0. The van der Waals surface area contributed by atoms with Crippen LogP contribution in [0.5, 0.6) is 0 Å². The van der Waals surface area contributed by atoms with E-state index in [1.165, 1.54) is 0 Å². The second-order valence-electron chi connectivity index (χ2n) is 2.88. The zero-order valence-electron chi connectivity index (χ0n) is 10.3. The van der Waals surface area contributed by atoms with Crippen LogP contribution >= 0.6 is 0 Å². The Kier molecular flexibility index (Phi) is 11.3. The van der Waals surface area contributed by atoms with Gasteiger partial charge in [-0.15, -0.1) is 0 Å². The van der Waals surface area contributed by atoms with Crippen molar-refractivity contribution in [3.63, 3.8) is 0 Å². The summed E-state index contributed by atoms with van der Waals surface area (Å²) in [4.78, 5) is 29.1. The van der Waals surface area contributed by atoms with Crippen molar-refractivity contribution < 1.29 is 19.5 Å². The van der Waals surface area contributed by atoms with Gasteiger partial charge in [0.05, 0.1) is 5.56 Å². The number of carboxylic acid groups (broad SMARTS) is 1. The molecule has 0 heterocycles. The molecular formula is C13H16N2O4. The van der Waals surface area contributed by atoms with Crippen LogP contribution in [0.1, 0.15) is 10.4 Å². The van der Waals surface area contributed by atoms with Crippen molar-refractivity contribution in [2.75, 3.05) is 0 Å². The van der Waals surface area contributed by atoms with E-state index in [0.717, 1.165) is 12.2 Å². The summed E-state index contributed by atoms with van der Waals surface area (Å²) in [6.45, 7) is 6.17. The molecule has 0 aromatic heterocycles. The van der Waals surface area contributed by atoms with E-state index in [-0.39, 0.29) is 0 Å². The summed E-state index contributed by atoms with van der Waals surface area (Å²) in [6, 6.07) is 8.30. The zero-order valence-corrected chi connectivity index (χ0v) is 10.3. The Bertz CT molecular complexity index is 423. The van der Waals surface area contributed by atoms with Crippen LogP contribution in [0.25, 0.3) is 0 Å². The third kappa shape index (κ3) is 15.1. The van der Waals surface area contributed by atoms with Crippen LogP contribution in [-0.2, 0) is 9.59 Å².